The molecule has 0 unspecified atom stereocenters. The molecule has 1 aromatic carbocycles. The molecule has 0 spiro atoms. The third-order valence-corrected chi connectivity index (χ3v) is 2.50. The SMILES string of the molecule is C1#CCCOCc2ccccc2COCC1. The van der Waals surface area contributed by atoms with Crippen molar-refractivity contribution in [2.45, 2.75) is 26.1 Å². The number of ether oxygens (including phenoxy) is 2. The fraction of sp³-hybridized carbons (Fsp3) is 0.429. The summed E-state index contributed by atoms with van der Waals surface area (Å²) in [6.07, 6.45) is 1.62. The number of hydrogen-bond acceptors (Lipinski definition) is 2. The lowest BCUT2D eigenvalue weighted by Gasteiger charge is -2.10. The second-order valence-electron chi connectivity index (χ2n) is 3.73. The molecule has 1 aromatic rings. The third kappa shape index (κ3) is 3.37. The molecule has 84 valence electrons. The van der Waals surface area contributed by atoms with Gasteiger partial charge in [-0.05, 0) is 11.1 Å². The number of benzene rings is 1. The molecular formula is C14H16O2. The maximum Gasteiger partial charge on any atom is 0.0720 e. The summed E-state index contributed by atoms with van der Waals surface area (Å²) in [5.74, 6) is 6.14. The van der Waals surface area contributed by atoms with E-state index in [1.54, 1.807) is 0 Å². The first kappa shape index (κ1) is 11.2. The van der Waals surface area contributed by atoms with Crippen molar-refractivity contribution in [1.82, 2.24) is 0 Å². The minimum atomic E-state index is 0.654. The average molecular weight is 216 g/mol. The van der Waals surface area contributed by atoms with Gasteiger partial charge in [0, 0.05) is 12.8 Å². The number of fused-ring (bicyclic) bond motifs is 1. The molecule has 2 nitrogen and oxygen atoms in total. The molecule has 0 aromatic heterocycles. The van der Waals surface area contributed by atoms with Crippen LogP contribution in [0.2, 0.25) is 0 Å². The predicted octanol–water partition coefficient (Wildman–Crippen LogP) is 2.52. The fourth-order valence-corrected chi connectivity index (χ4v) is 1.63. The van der Waals surface area contributed by atoms with E-state index < -0.39 is 0 Å². The Labute approximate surface area is 96.6 Å². The van der Waals surface area contributed by atoms with Crippen LogP contribution >= 0.6 is 0 Å². The van der Waals surface area contributed by atoms with Gasteiger partial charge in [-0.2, -0.15) is 0 Å². The van der Waals surface area contributed by atoms with Gasteiger partial charge in [0.1, 0.15) is 0 Å². The highest BCUT2D eigenvalue weighted by Crippen LogP contribution is 2.12. The standard InChI is InChI=1S/C14H16O2/c1-2-6-10-16-12-14-8-4-3-7-13(14)11-15-9-5-1/h3-4,7-8H,5-6,9-12H2. The quantitative estimate of drug-likeness (QED) is 0.620. The summed E-state index contributed by atoms with van der Waals surface area (Å²) in [4.78, 5) is 0. The zero-order chi connectivity index (χ0) is 11.1. The Bertz CT molecular complexity index is 352. The zero-order valence-electron chi connectivity index (χ0n) is 9.37. The molecule has 0 amide bonds. The summed E-state index contributed by atoms with van der Waals surface area (Å²) in [5.41, 5.74) is 2.44. The Balaban J connectivity index is 2.05. The van der Waals surface area contributed by atoms with Crippen molar-refractivity contribution in [2.24, 2.45) is 0 Å². The van der Waals surface area contributed by atoms with Crippen LogP contribution in [0.1, 0.15) is 24.0 Å². The smallest absolute Gasteiger partial charge is 0.0720 e. The molecule has 2 rings (SSSR count). The van der Waals surface area contributed by atoms with Crippen LogP contribution in [0.25, 0.3) is 0 Å². The van der Waals surface area contributed by atoms with Crippen LogP contribution in [-0.2, 0) is 22.7 Å². The van der Waals surface area contributed by atoms with E-state index in [0.29, 0.717) is 26.4 Å². The van der Waals surface area contributed by atoms with Crippen LogP contribution in [0.4, 0.5) is 0 Å². The normalized spacial score (nSPS) is 17.2. The van der Waals surface area contributed by atoms with E-state index >= 15 is 0 Å². The van der Waals surface area contributed by atoms with E-state index in [9.17, 15) is 0 Å². The molecule has 0 radical (unpaired) electrons. The van der Waals surface area contributed by atoms with Gasteiger partial charge in [-0.25, -0.2) is 0 Å². The molecule has 0 aliphatic carbocycles. The number of rotatable bonds is 0. The molecule has 0 saturated heterocycles. The van der Waals surface area contributed by atoms with Gasteiger partial charge in [0.2, 0.25) is 0 Å². The Morgan fingerprint density at radius 1 is 0.812 bits per heavy atom. The first-order valence-electron chi connectivity index (χ1n) is 5.65. The van der Waals surface area contributed by atoms with Gasteiger partial charge in [-0.1, -0.05) is 24.3 Å². The molecule has 16 heavy (non-hydrogen) atoms. The summed E-state index contributed by atoms with van der Waals surface area (Å²) in [6.45, 7) is 2.73. The third-order valence-electron chi connectivity index (χ3n) is 2.50. The lowest BCUT2D eigenvalue weighted by atomic mass is 10.1. The monoisotopic (exact) mass is 216 g/mol. The molecule has 1 aliphatic heterocycles. The molecule has 0 fully saturated rings. The second kappa shape index (κ2) is 6.32. The zero-order valence-corrected chi connectivity index (χ0v) is 9.37. The second-order valence-corrected chi connectivity index (χ2v) is 3.73. The average Bonchev–Trinajstić information content (AvgIpc) is 2.30. The minimum absolute atomic E-state index is 0.654. The maximum absolute atomic E-state index is 5.57. The lowest BCUT2D eigenvalue weighted by molar-refractivity contribution is 0.111. The van der Waals surface area contributed by atoms with E-state index in [2.05, 4.69) is 24.0 Å². The lowest BCUT2D eigenvalue weighted by Crippen LogP contribution is -2.02. The van der Waals surface area contributed by atoms with Gasteiger partial charge in [-0.15, -0.1) is 11.8 Å². The molecule has 0 N–H and O–H groups in total. The first-order valence-corrected chi connectivity index (χ1v) is 5.65. The van der Waals surface area contributed by atoms with Crippen molar-refractivity contribution in [3.05, 3.63) is 35.4 Å². The predicted molar refractivity (Wildman–Crippen MR) is 62.8 cm³/mol. The van der Waals surface area contributed by atoms with Crippen molar-refractivity contribution in [2.75, 3.05) is 13.2 Å². The van der Waals surface area contributed by atoms with Crippen LogP contribution in [-0.4, -0.2) is 13.2 Å². The topological polar surface area (TPSA) is 18.5 Å². The summed E-state index contributed by atoms with van der Waals surface area (Å²) in [6, 6.07) is 8.26. The Morgan fingerprint density at radius 2 is 1.31 bits per heavy atom. The van der Waals surface area contributed by atoms with E-state index in [1.165, 1.54) is 11.1 Å². The molecule has 0 atom stereocenters. The molecule has 1 heterocycles. The van der Waals surface area contributed by atoms with E-state index in [1.807, 2.05) is 12.1 Å². The van der Waals surface area contributed by atoms with Crippen molar-refractivity contribution in [3.63, 3.8) is 0 Å². The van der Waals surface area contributed by atoms with E-state index in [-0.39, 0.29) is 0 Å². The summed E-state index contributed by atoms with van der Waals surface area (Å²) in [5, 5.41) is 0. The van der Waals surface area contributed by atoms with Gasteiger partial charge in [-0.3, -0.25) is 0 Å². The van der Waals surface area contributed by atoms with E-state index in [0.717, 1.165) is 12.8 Å². The van der Waals surface area contributed by atoms with Gasteiger partial charge in [0.25, 0.3) is 0 Å². The molecular weight excluding hydrogens is 200 g/mol. The van der Waals surface area contributed by atoms with Crippen molar-refractivity contribution >= 4 is 0 Å². The van der Waals surface area contributed by atoms with Crippen LogP contribution in [0, 0.1) is 11.8 Å². The Kier molecular flexibility index (Phi) is 4.42. The fourth-order valence-electron chi connectivity index (χ4n) is 1.63. The van der Waals surface area contributed by atoms with Gasteiger partial charge in [0.15, 0.2) is 0 Å². The van der Waals surface area contributed by atoms with Gasteiger partial charge < -0.3 is 9.47 Å². The molecule has 0 saturated carbocycles. The number of hydrogen-bond donors (Lipinski definition) is 0. The molecule has 0 bridgehead atoms. The largest absolute Gasteiger partial charge is 0.376 e. The summed E-state index contributed by atoms with van der Waals surface area (Å²) < 4.78 is 11.1. The maximum atomic E-state index is 5.57. The molecule has 2 heteroatoms. The highest BCUT2D eigenvalue weighted by molar-refractivity contribution is 5.25. The Hall–Kier alpha value is -1.30. The van der Waals surface area contributed by atoms with Crippen LogP contribution in [0.5, 0.6) is 0 Å². The Morgan fingerprint density at radius 3 is 1.81 bits per heavy atom. The highest BCUT2D eigenvalue weighted by Gasteiger charge is 2.02. The first-order chi connectivity index (χ1) is 7.97. The van der Waals surface area contributed by atoms with Crippen molar-refractivity contribution in [3.8, 4) is 11.8 Å². The van der Waals surface area contributed by atoms with Crippen molar-refractivity contribution in [1.29, 1.82) is 0 Å². The van der Waals surface area contributed by atoms with Crippen molar-refractivity contribution < 1.29 is 9.47 Å². The minimum Gasteiger partial charge on any atom is -0.376 e. The summed E-state index contributed by atoms with van der Waals surface area (Å²) in [7, 11) is 0. The van der Waals surface area contributed by atoms with Gasteiger partial charge in [0.05, 0.1) is 26.4 Å². The highest BCUT2D eigenvalue weighted by atomic mass is 16.5. The van der Waals surface area contributed by atoms with E-state index in [4.69, 9.17) is 9.47 Å². The van der Waals surface area contributed by atoms with Crippen LogP contribution in [0.15, 0.2) is 24.3 Å². The van der Waals surface area contributed by atoms with Crippen LogP contribution in [0.3, 0.4) is 0 Å². The molecule has 1 aliphatic rings. The van der Waals surface area contributed by atoms with Crippen LogP contribution < -0.4 is 0 Å². The summed E-state index contributed by atoms with van der Waals surface area (Å²) >= 11 is 0. The van der Waals surface area contributed by atoms with Gasteiger partial charge >= 0.3 is 0 Å².